The van der Waals surface area contributed by atoms with Gasteiger partial charge in [-0.25, -0.2) is 8.42 Å². The average molecular weight is 419 g/mol. The number of likely N-dealkylation sites (tertiary alicyclic amines) is 1. The van der Waals surface area contributed by atoms with E-state index in [1.807, 2.05) is 6.07 Å². The quantitative estimate of drug-likeness (QED) is 0.572. The molecule has 2 unspecified atom stereocenters. The van der Waals surface area contributed by atoms with Gasteiger partial charge in [0.05, 0.1) is 11.3 Å². The molecule has 1 aromatic carbocycles. The summed E-state index contributed by atoms with van der Waals surface area (Å²) in [5, 5.41) is 17.9. The molecule has 2 fully saturated rings. The highest BCUT2D eigenvalue weighted by Crippen LogP contribution is 2.51. The molecule has 154 valence electrons. The molecule has 2 aliphatic rings. The molecule has 1 saturated heterocycles. The molecule has 29 heavy (non-hydrogen) atoms. The Labute approximate surface area is 168 Å². The fourth-order valence-electron chi connectivity index (χ4n) is 3.85. The van der Waals surface area contributed by atoms with E-state index in [9.17, 15) is 28.4 Å². The van der Waals surface area contributed by atoms with Crippen LogP contribution in [0.3, 0.4) is 0 Å². The molecule has 0 aromatic heterocycles. The molecule has 0 spiro atoms. The smallest absolute Gasteiger partial charge is 0.320 e. The van der Waals surface area contributed by atoms with Gasteiger partial charge >= 0.3 is 5.97 Å². The van der Waals surface area contributed by atoms with Crippen molar-refractivity contribution in [2.24, 2.45) is 11.1 Å². The molecule has 1 aliphatic carbocycles. The van der Waals surface area contributed by atoms with E-state index in [0.29, 0.717) is 0 Å². The first-order valence-electron chi connectivity index (χ1n) is 8.95. The van der Waals surface area contributed by atoms with Crippen LogP contribution in [0.25, 0.3) is 0 Å². The molecular weight excluding hydrogens is 398 g/mol. The Morgan fingerprint density at radius 3 is 2.69 bits per heavy atom. The maximum absolute atomic E-state index is 13.3. The van der Waals surface area contributed by atoms with Crippen LogP contribution in [0.2, 0.25) is 0 Å². The number of nitriles is 1. The van der Waals surface area contributed by atoms with Crippen LogP contribution in [0.15, 0.2) is 41.8 Å². The minimum Gasteiger partial charge on any atom is -0.488 e. The van der Waals surface area contributed by atoms with E-state index < -0.39 is 44.5 Å². The summed E-state index contributed by atoms with van der Waals surface area (Å²) >= 11 is 0. The first-order chi connectivity index (χ1) is 13.7. The Bertz CT molecular complexity index is 1000. The van der Waals surface area contributed by atoms with Gasteiger partial charge < -0.3 is 15.6 Å². The van der Waals surface area contributed by atoms with E-state index >= 15 is 0 Å². The number of carboxylic acid groups (broad SMARTS) is 1. The Hall–Kier alpha value is -2.90. The van der Waals surface area contributed by atoms with Gasteiger partial charge in [-0.05, 0) is 25.0 Å². The Morgan fingerprint density at radius 2 is 2.14 bits per heavy atom. The van der Waals surface area contributed by atoms with Crippen molar-refractivity contribution >= 4 is 21.7 Å². The third-order valence-electron chi connectivity index (χ3n) is 5.50. The van der Waals surface area contributed by atoms with Crippen molar-refractivity contribution in [3.8, 4) is 11.8 Å². The molecule has 3 N–H and O–H groups in total. The number of primary amides is 1. The second-order valence-corrected chi connectivity index (χ2v) is 9.36. The number of nitrogens with zero attached hydrogens (tertiary/aromatic N) is 2. The highest BCUT2D eigenvalue weighted by atomic mass is 32.2. The largest absolute Gasteiger partial charge is 0.488 e. The maximum Gasteiger partial charge on any atom is 0.320 e. The number of carbonyl (C=O) groups excluding carboxylic acids is 1. The number of nitrogens with two attached hydrogens (primary N) is 1. The SMILES string of the molecule is C=CCOc1ccccc1S(=O)(=O)[C@@H]1C[C@@H](C(=O)O)N(C2CC2(C#N)C(N)=O)C1. The predicted octanol–water partition coefficient (Wildman–Crippen LogP) is 0.320. The number of hydrogen-bond donors (Lipinski definition) is 2. The summed E-state index contributed by atoms with van der Waals surface area (Å²) in [5.74, 6) is -1.88. The minimum absolute atomic E-state index is 0.0323. The molecule has 1 saturated carbocycles. The van der Waals surface area contributed by atoms with Crippen molar-refractivity contribution in [3.05, 3.63) is 36.9 Å². The van der Waals surface area contributed by atoms with Crippen LogP contribution in [0.1, 0.15) is 12.8 Å². The van der Waals surface area contributed by atoms with Gasteiger partial charge in [-0.2, -0.15) is 5.26 Å². The van der Waals surface area contributed by atoms with Crippen molar-refractivity contribution in [1.82, 2.24) is 4.90 Å². The number of aliphatic carboxylic acids is 1. The van der Waals surface area contributed by atoms with Crippen LogP contribution in [0.5, 0.6) is 5.75 Å². The van der Waals surface area contributed by atoms with Crippen LogP contribution < -0.4 is 10.5 Å². The molecule has 1 aromatic rings. The normalized spacial score (nSPS) is 29.0. The molecule has 1 amide bonds. The summed E-state index contributed by atoms with van der Waals surface area (Å²) < 4.78 is 32.0. The molecule has 10 heteroatoms. The zero-order chi connectivity index (χ0) is 21.4. The number of ether oxygens (including phenoxy) is 1. The molecule has 4 atom stereocenters. The van der Waals surface area contributed by atoms with Gasteiger partial charge in [0, 0.05) is 12.6 Å². The molecule has 1 heterocycles. The Balaban J connectivity index is 1.91. The maximum atomic E-state index is 13.3. The predicted molar refractivity (Wildman–Crippen MR) is 102 cm³/mol. The second-order valence-electron chi connectivity index (χ2n) is 7.17. The van der Waals surface area contributed by atoms with Crippen LogP contribution in [0.4, 0.5) is 0 Å². The number of sulfone groups is 1. The number of para-hydroxylation sites is 1. The molecule has 1 aliphatic heterocycles. The summed E-state index contributed by atoms with van der Waals surface area (Å²) in [6, 6.07) is 6.15. The number of carbonyl (C=O) groups is 2. The topological polar surface area (TPSA) is 151 Å². The zero-order valence-corrected chi connectivity index (χ0v) is 16.3. The summed E-state index contributed by atoms with van der Waals surface area (Å²) in [6.07, 6.45) is 1.41. The standard InChI is InChI=1S/C19H21N3O6S/c1-2-7-28-14-5-3-4-6-15(14)29(26,27)12-8-13(17(23)24)22(10-12)16-9-19(16,11-20)18(21)25/h2-6,12-13,16H,1,7-10H2,(H2,21,25)(H,23,24)/t12-,13+,16?,19?/m1/s1. The first kappa shape index (κ1) is 20.8. The van der Waals surface area contributed by atoms with Crippen LogP contribution in [-0.2, 0) is 19.4 Å². The van der Waals surface area contributed by atoms with E-state index in [4.69, 9.17) is 10.5 Å². The summed E-state index contributed by atoms with van der Waals surface area (Å²) in [5.41, 5.74) is 3.85. The van der Waals surface area contributed by atoms with E-state index in [0.717, 1.165) is 0 Å². The number of benzene rings is 1. The fraction of sp³-hybridized carbons (Fsp3) is 0.421. The van der Waals surface area contributed by atoms with E-state index in [1.165, 1.54) is 23.1 Å². The molecule has 0 radical (unpaired) electrons. The molecule has 3 rings (SSSR count). The summed E-state index contributed by atoms with van der Waals surface area (Å²) in [7, 11) is -3.93. The third kappa shape index (κ3) is 3.47. The zero-order valence-electron chi connectivity index (χ0n) is 15.5. The number of rotatable bonds is 8. The molecular formula is C19H21N3O6S. The number of carboxylic acids is 1. The lowest BCUT2D eigenvalue weighted by molar-refractivity contribution is -0.142. The Kier molecular flexibility index (Phi) is 5.38. The van der Waals surface area contributed by atoms with Gasteiger partial charge in [0.1, 0.15) is 23.3 Å². The van der Waals surface area contributed by atoms with Gasteiger partial charge in [0.15, 0.2) is 15.3 Å². The minimum atomic E-state index is -3.93. The van der Waals surface area contributed by atoms with E-state index in [2.05, 4.69) is 6.58 Å². The van der Waals surface area contributed by atoms with E-state index in [-0.39, 0.29) is 36.6 Å². The van der Waals surface area contributed by atoms with Crippen molar-refractivity contribution in [2.45, 2.75) is 35.1 Å². The van der Waals surface area contributed by atoms with Crippen molar-refractivity contribution in [1.29, 1.82) is 5.26 Å². The molecule has 9 nitrogen and oxygen atoms in total. The highest BCUT2D eigenvalue weighted by Gasteiger charge is 2.66. The summed E-state index contributed by atoms with van der Waals surface area (Å²) in [6.45, 7) is 3.54. The third-order valence-corrected chi connectivity index (χ3v) is 7.67. The number of hydrogen-bond acceptors (Lipinski definition) is 7. The van der Waals surface area contributed by atoms with Crippen molar-refractivity contribution < 1.29 is 27.9 Å². The summed E-state index contributed by atoms with van der Waals surface area (Å²) in [4.78, 5) is 24.8. The lowest BCUT2D eigenvalue weighted by atomic mass is 10.1. The van der Waals surface area contributed by atoms with Gasteiger partial charge in [0.2, 0.25) is 5.91 Å². The second kappa shape index (κ2) is 7.50. The van der Waals surface area contributed by atoms with Crippen LogP contribution >= 0.6 is 0 Å². The van der Waals surface area contributed by atoms with Gasteiger partial charge in [0.25, 0.3) is 0 Å². The van der Waals surface area contributed by atoms with Crippen molar-refractivity contribution in [2.75, 3.05) is 13.2 Å². The lowest BCUT2D eigenvalue weighted by Crippen LogP contribution is -2.42. The van der Waals surface area contributed by atoms with Crippen molar-refractivity contribution in [3.63, 3.8) is 0 Å². The van der Waals surface area contributed by atoms with Gasteiger partial charge in [-0.15, -0.1) is 0 Å². The fourth-order valence-corrected chi connectivity index (χ4v) is 5.69. The average Bonchev–Trinajstić information content (AvgIpc) is 3.27. The first-order valence-corrected chi connectivity index (χ1v) is 10.5. The van der Waals surface area contributed by atoms with Crippen LogP contribution in [0, 0.1) is 16.7 Å². The monoisotopic (exact) mass is 419 g/mol. The van der Waals surface area contributed by atoms with Gasteiger partial charge in [-0.1, -0.05) is 24.8 Å². The van der Waals surface area contributed by atoms with E-state index in [1.54, 1.807) is 12.1 Å². The lowest BCUT2D eigenvalue weighted by Gasteiger charge is -2.22. The number of amides is 1. The molecule has 0 bridgehead atoms. The van der Waals surface area contributed by atoms with Crippen LogP contribution in [-0.4, -0.2) is 60.8 Å². The highest BCUT2D eigenvalue weighted by molar-refractivity contribution is 7.92. The Morgan fingerprint density at radius 1 is 1.45 bits per heavy atom. The van der Waals surface area contributed by atoms with Gasteiger partial charge in [-0.3, -0.25) is 14.5 Å².